The van der Waals surface area contributed by atoms with Crippen LogP contribution in [0.15, 0.2) is 12.2 Å². The van der Waals surface area contributed by atoms with Crippen molar-refractivity contribution >= 4 is 18.3 Å². The lowest BCUT2D eigenvalue weighted by atomic mass is 9.31. The minimum atomic E-state index is -0.921. The highest BCUT2D eigenvalue weighted by Crippen LogP contribution is 2.79. The van der Waals surface area contributed by atoms with Gasteiger partial charge >= 0.3 is 11.9 Å². The molecule has 7 heteroatoms. The maximum atomic E-state index is 13.8. The molecule has 1 unspecified atom stereocenters. The number of carboxylic acid groups (broad SMARTS) is 1. The first-order chi connectivity index (χ1) is 22.5. The van der Waals surface area contributed by atoms with E-state index in [9.17, 15) is 24.6 Å². The molecular weight excluding hydrogens is 614 g/mol. The van der Waals surface area contributed by atoms with Crippen LogP contribution in [0.5, 0.6) is 0 Å². The van der Waals surface area contributed by atoms with Crippen LogP contribution in [0.1, 0.15) is 146 Å². The van der Waals surface area contributed by atoms with Gasteiger partial charge in [-0.2, -0.15) is 0 Å². The summed E-state index contributed by atoms with van der Waals surface area (Å²) < 4.78 is 6.72. The molecule has 5 fully saturated rings. The Morgan fingerprint density at radius 2 is 1.55 bits per heavy atom. The van der Waals surface area contributed by atoms with E-state index in [1.165, 1.54) is 37.7 Å². The third-order valence-electron chi connectivity index (χ3n) is 17.0. The van der Waals surface area contributed by atoms with Gasteiger partial charge in [0.25, 0.3) is 0 Å². The predicted molar refractivity (Wildman–Crippen MR) is 193 cm³/mol. The molecule has 0 aromatic carbocycles. The molecule has 0 heterocycles. The number of rotatable bonds is 11. The second-order valence-electron chi connectivity index (χ2n) is 20.5. The Bertz CT molecular complexity index is 1340. The summed E-state index contributed by atoms with van der Waals surface area (Å²) in [5.74, 6) is 1.20. The molecule has 3 N–H and O–H groups in total. The number of aliphatic hydroxyl groups is 1. The fourth-order valence-electron chi connectivity index (χ4n) is 14.5. The molecule has 0 saturated heterocycles. The zero-order valence-corrected chi connectivity index (χ0v) is 32.6. The average molecular weight is 684 g/mol. The number of ether oxygens (including phenoxy) is 1. The van der Waals surface area contributed by atoms with Crippen molar-refractivity contribution in [3.8, 4) is 0 Å². The number of amides is 1. The van der Waals surface area contributed by atoms with Crippen LogP contribution in [0.25, 0.3) is 0 Å². The summed E-state index contributed by atoms with van der Waals surface area (Å²) in [5.41, 5.74) is -0.869. The number of aliphatic hydroxyl groups excluding tert-OH is 1. The van der Waals surface area contributed by atoms with Crippen molar-refractivity contribution < 1.29 is 29.3 Å². The Labute approximate surface area is 297 Å². The van der Waals surface area contributed by atoms with Crippen LogP contribution in [0, 0.1) is 67.5 Å². The van der Waals surface area contributed by atoms with Crippen LogP contribution < -0.4 is 5.32 Å². The minimum absolute atomic E-state index is 0.0250. The summed E-state index contributed by atoms with van der Waals surface area (Å²) in [6.45, 7) is 27.5. The number of carbonyl (C=O) groups is 3. The number of fused-ring (bicyclic) bond motifs is 7. The molecular formula is C42H69NO6. The molecule has 49 heavy (non-hydrogen) atoms. The van der Waals surface area contributed by atoms with Crippen LogP contribution in [-0.2, 0) is 19.1 Å². The van der Waals surface area contributed by atoms with Crippen LogP contribution >= 0.6 is 0 Å². The van der Waals surface area contributed by atoms with Gasteiger partial charge in [0.1, 0.15) is 5.60 Å². The van der Waals surface area contributed by atoms with Crippen molar-refractivity contribution in [2.24, 2.45) is 67.5 Å². The topological polar surface area (TPSA) is 113 Å². The van der Waals surface area contributed by atoms with Gasteiger partial charge in [0.05, 0.1) is 19.4 Å². The zero-order valence-electron chi connectivity index (χ0n) is 32.6. The maximum absolute atomic E-state index is 13.8. The Kier molecular flexibility index (Phi) is 9.68. The lowest BCUT2D eigenvalue weighted by molar-refractivity contribution is -0.291. The first kappa shape index (κ1) is 38.3. The van der Waals surface area contributed by atoms with Crippen LogP contribution in [-0.4, -0.2) is 47.3 Å². The summed E-state index contributed by atoms with van der Waals surface area (Å²) in [5, 5.41) is 23.5. The normalized spacial score (nSPS) is 42.9. The Hall–Kier alpha value is -1.89. The van der Waals surface area contributed by atoms with Gasteiger partial charge in [0.15, 0.2) is 0 Å². The number of hydrogen-bond donors (Lipinski definition) is 3. The highest BCUT2D eigenvalue weighted by molar-refractivity contribution is 5.73. The molecule has 1 amide bonds. The second kappa shape index (κ2) is 12.4. The molecule has 5 aliphatic carbocycles. The Balaban J connectivity index is 1.49. The van der Waals surface area contributed by atoms with Crippen molar-refractivity contribution in [1.82, 2.24) is 5.32 Å². The van der Waals surface area contributed by atoms with Crippen molar-refractivity contribution in [2.75, 3.05) is 13.2 Å². The molecule has 7 nitrogen and oxygen atoms in total. The SMILES string of the molecule is C=C(C)[C@@H]1CC[C@]2(CNC=O)CC[C@]3(C)[C@H](CCC4[C@@]5(C)CC[C@@](OC(=O)CC(C)(C)CC(=O)O)(C(C)(C)CO)C(C)(C)[C@@H]5CC[C@]43C)[C@@H]12. The lowest BCUT2D eigenvalue weighted by Crippen LogP contribution is -2.71. The van der Waals surface area contributed by atoms with E-state index < -0.39 is 27.8 Å². The summed E-state index contributed by atoms with van der Waals surface area (Å²) in [6.07, 6.45) is 11.7. The smallest absolute Gasteiger partial charge is 0.306 e. The fourth-order valence-corrected chi connectivity index (χ4v) is 14.5. The number of allylic oxidation sites excluding steroid dienone is 1. The average Bonchev–Trinajstić information content (AvgIpc) is 3.37. The summed E-state index contributed by atoms with van der Waals surface area (Å²) in [4.78, 5) is 36.9. The van der Waals surface area contributed by atoms with E-state index in [-0.39, 0.29) is 47.1 Å². The van der Waals surface area contributed by atoms with E-state index >= 15 is 0 Å². The van der Waals surface area contributed by atoms with E-state index in [1.54, 1.807) is 0 Å². The molecule has 0 radical (unpaired) electrons. The number of aliphatic carboxylic acids is 1. The van der Waals surface area contributed by atoms with Crippen molar-refractivity contribution in [2.45, 2.75) is 152 Å². The summed E-state index contributed by atoms with van der Waals surface area (Å²) in [7, 11) is 0. The third kappa shape index (κ3) is 5.55. The van der Waals surface area contributed by atoms with E-state index in [4.69, 9.17) is 4.74 Å². The van der Waals surface area contributed by atoms with Crippen molar-refractivity contribution in [3.05, 3.63) is 12.2 Å². The number of nitrogens with one attached hydrogen (secondary N) is 1. The maximum Gasteiger partial charge on any atom is 0.306 e. The molecule has 0 aliphatic heterocycles. The zero-order chi connectivity index (χ0) is 36.6. The van der Waals surface area contributed by atoms with E-state index in [2.05, 4.69) is 53.4 Å². The number of carboxylic acids is 1. The number of carbonyl (C=O) groups excluding carboxylic acids is 2. The Morgan fingerprint density at radius 3 is 2.14 bits per heavy atom. The minimum Gasteiger partial charge on any atom is -0.481 e. The third-order valence-corrected chi connectivity index (χ3v) is 17.0. The van der Waals surface area contributed by atoms with Gasteiger partial charge in [0.2, 0.25) is 6.41 Å². The molecule has 5 rings (SSSR count). The van der Waals surface area contributed by atoms with Crippen molar-refractivity contribution in [1.29, 1.82) is 0 Å². The van der Waals surface area contributed by atoms with E-state index in [0.717, 1.165) is 38.6 Å². The first-order valence-corrected chi connectivity index (χ1v) is 19.4. The molecule has 0 bridgehead atoms. The quantitative estimate of drug-likeness (QED) is 0.114. The predicted octanol–water partition coefficient (Wildman–Crippen LogP) is 8.58. The van der Waals surface area contributed by atoms with Gasteiger partial charge in [-0.25, -0.2) is 0 Å². The summed E-state index contributed by atoms with van der Waals surface area (Å²) in [6, 6.07) is 0. The molecule has 0 spiro atoms. The molecule has 5 saturated carbocycles. The number of hydrogen-bond acceptors (Lipinski definition) is 5. The first-order valence-electron chi connectivity index (χ1n) is 19.4. The van der Waals surface area contributed by atoms with E-state index in [0.29, 0.717) is 36.0 Å². The monoisotopic (exact) mass is 684 g/mol. The van der Waals surface area contributed by atoms with E-state index in [1.807, 2.05) is 27.7 Å². The highest BCUT2D eigenvalue weighted by Gasteiger charge is 2.74. The van der Waals surface area contributed by atoms with Gasteiger partial charge < -0.3 is 20.3 Å². The standard InChI is InChI=1S/C42H69NO6/c1-27(2)28-14-17-41(24-43-26-45)20-19-39(10)29(34(28)41)12-13-31-38(9)18-21-42(36(5,6)25-44,37(7,8)30(38)15-16-40(31,39)11)49-33(48)23-35(3,4)22-32(46)47/h26,28-31,34,44H,1,12-25H2,2-11H3,(H,43,45)(H,46,47)/t28-,29+,30-,31?,34+,38-,39+,40+,41+,42+/m0/s1. The van der Waals surface area contributed by atoms with Crippen LogP contribution in [0.4, 0.5) is 0 Å². The second-order valence-corrected chi connectivity index (χ2v) is 20.5. The Morgan fingerprint density at radius 1 is 0.878 bits per heavy atom. The summed E-state index contributed by atoms with van der Waals surface area (Å²) >= 11 is 0. The molecule has 0 aromatic rings. The van der Waals surface area contributed by atoms with Gasteiger partial charge in [-0.3, -0.25) is 14.4 Å². The highest BCUT2D eigenvalue weighted by atomic mass is 16.6. The molecule has 278 valence electrons. The molecule has 10 atom stereocenters. The van der Waals surface area contributed by atoms with Crippen molar-refractivity contribution in [3.63, 3.8) is 0 Å². The lowest BCUT2D eigenvalue weighted by Gasteiger charge is -2.74. The largest absolute Gasteiger partial charge is 0.481 e. The number of esters is 1. The van der Waals surface area contributed by atoms with Gasteiger partial charge in [-0.1, -0.05) is 74.5 Å². The van der Waals surface area contributed by atoms with Crippen LogP contribution in [0.2, 0.25) is 0 Å². The van der Waals surface area contributed by atoms with Crippen LogP contribution in [0.3, 0.4) is 0 Å². The fraction of sp³-hybridized carbons (Fsp3) is 0.881. The van der Waals surface area contributed by atoms with Gasteiger partial charge in [0, 0.05) is 17.4 Å². The van der Waals surface area contributed by atoms with Gasteiger partial charge in [-0.15, -0.1) is 0 Å². The van der Waals surface area contributed by atoms with Gasteiger partial charge in [-0.05, 0) is 128 Å². The molecule has 0 aromatic heterocycles. The molecule has 5 aliphatic rings.